The average molecular weight is 282 g/mol. The first kappa shape index (κ1) is 15.0. The fraction of sp³-hybridized carbons (Fsp3) is 0.786. The lowest BCUT2D eigenvalue weighted by molar-refractivity contribution is -0.152. The van der Waals surface area contributed by atoms with E-state index >= 15 is 0 Å². The van der Waals surface area contributed by atoms with Crippen molar-refractivity contribution in [2.75, 3.05) is 13.2 Å². The molecule has 6 nitrogen and oxygen atoms in total. The third-order valence-electron chi connectivity index (χ3n) is 4.71. The zero-order valence-electron chi connectivity index (χ0n) is 12.3. The molecule has 2 atom stereocenters. The maximum absolute atomic E-state index is 12.6. The van der Waals surface area contributed by atoms with Gasteiger partial charge in [-0.05, 0) is 26.2 Å². The summed E-state index contributed by atoms with van der Waals surface area (Å²) in [6.07, 6.45) is 1.66. The van der Waals surface area contributed by atoms with Gasteiger partial charge in [-0.15, -0.1) is 0 Å². The Morgan fingerprint density at radius 3 is 2.45 bits per heavy atom. The van der Waals surface area contributed by atoms with Gasteiger partial charge >= 0.3 is 6.03 Å². The predicted molar refractivity (Wildman–Crippen MR) is 71.8 cm³/mol. The number of hydrogen-bond acceptors (Lipinski definition) is 4. The molecule has 0 radical (unpaired) electrons. The summed E-state index contributed by atoms with van der Waals surface area (Å²) in [5.41, 5.74) is -1.10. The Morgan fingerprint density at radius 1 is 1.30 bits per heavy atom. The Morgan fingerprint density at radius 2 is 1.95 bits per heavy atom. The molecule has 1 N–H and O–H groups in total. The second-order valence-corrected chi connectivity index (χ2v) is 5.59. The smallest absolute Gasteiger partial charge is 0.330 e. The lowest BCUT2D eigenvalue weighted by atomic mass is 9.78. The van der Waals surface area contributed by atoms with Gasteiger partial charge in [0, 0.05) is 19.1 Å². The molecule has 0 aromatic heterocycles. The van der Waals surface area contributed by atoms with Gasteiger partial charge in [-0.25, -0.2) is 4.79 Å². The van der Waals surface area contributed by atoms with E-state index in [0.717, 1.165) is 6.42 Å². The van der Waals surface area contributed by atoms with Gasteiger partial charge in [0.25, 0.3) is 0 Å². The highest BCUT2D eigenvalue weighted by molar-refractivity contribution is 6.19. The quantitative estimate of drug-likeness (QED) is 0.788. The van der Waals surface area contributed by atoms with Crippen LogP contribution in [0.4, 0.5) is 4.79 Å². The van der Waals surface area contributed by atoms with E-state index in [9.17, 15) is 14.4 Å². The molecule has 0 aromatic carbocycles. The Balaban J connectivity index is 2.21. The summed E-state index contributed by atoms with van der Waals surface area (Å²) in [6, 6.07) is -0.600. The first-order valence-electron chi connectivity index (χ1n) is 7.25. The van der Waals surface area contributed by atoms with Crippen LogP contribution < -0.4 is 5.32 Å². The van der Waals surface area contributed by atoms with E-state index in [1.165, 1.54) is 4.90 Å². The van der Waals surface area contributed by atoms with E-state index in [1.54, 1.807) is 13.8 Å². The maximum atomic E-state index is 12.6. The zero-order chi connectivity index (χ0) is 14.9. The van der Waals surface area contributed by atoms with Gasteiger partial charge in [0.2, 0.25) is 11.8 Å². The molecule has 2 rings (SSSR count). The number of urea groups is 1. The van der Waals surface area contributed by atoms with Crippen LogP contribution in [0.5, 0.6) is 0 Å². The number of amides is 4. The van der Waals surface area contributed by atoms with Gasteiger partial charge in [-0.3, -0.25) is 19.8 Å². The van der Waals surface area contributed by atoms with Crippen LogP contribution in [0.15, 0.2) is 0 Å². The van der Waals surface area contributed by atoms with E-state index in [4.69, 9.17) is 4.74 Å². The molecule has 0 saturated carbocycles. The minimum atomic E-state index is -1.10. The van der Waals surface area contributed by atoms with Gasteiger partial charge in [0.1, 0.15) is 5.41 Å². The molecule has 2 fully saturated rings. The van der Waals surface area contributed by atoms with Crippen molar-refractivity contribution >= 4 is 17.8 Å². The number of hydrogen-bond donors (Lipinski definition) is 1. The van der Waals surface area contributed by atoms with E-state index < -0.39 is 17.4 Å². The second-order valence-electron chi connectivity index (χ2n) is 5.59. The molecule has 2 aliphatic rings. The Bertz CT molecular complexity index is 431. The Kier molecular flexibility index (Phi) is 4.13. The van der Waals surface area contributed by atoms with Crippen molar-refractivity contribution in [1.82, 2.24) is 10.2 Å². The minimum absolute atomic E-state index is 0.0332. The third kappa shape index (κ3) is 2.22. The van der Waals surface area contributed by atoms with Crippen molar-refractivity contribution in [2.45, 2.75) is 46.1 Å². The van der Waals surface area contributed by atoms with E-state index in [-0.39, 0.29) is 17.9 Å². The lowest BCUT2D eigenvalue weighted by Gasteiger charge is -2.39. The summed E-state index contributed by atoms with van der Waals surface area (Å²) in [6.45, 7) is 6.52. The summed E-state index contributed by atoms with van der Waals surface area (Å²) < 4.78 is 5.47. The average Bonchev–Trinajstić information content (AvgIpc) is 2.81. The van der Waals surface area contributed by atoms with Gasteiger partial charge < -0.3 is 4.74 Å². The lowest BCUT2D eigenvalue weighted by Crippen LogP contribution is -2.64. The van der Waals surface area contributed by atoms with Crippen LogP contribution in [0, 0.1) is 11.3 Å². The van der Waals surface area contributed by atoms with Crippen LogP contribution >= 0.6 is 0 Å². The number of carbonyl (C=O) groups excluding carboxylic acids is 3. The first-order chi connectivity index (χ1) is 9.46. The van der Waals surface area contributed by atoms with Crippen molar-refractivity contribution < 1.29 is 19.1 Å². The fourth-order valence-corrected chi connectivity index (χ4v) is 3.02. The van der Waals surface area contributed by atoms with Crippen LogP contribution in [-0.2, 0) is 14.3 Å². The number of imide groups is 2. The standard InChI is InChI=1S/C14H22N2O4/c1-4-14(5-2)11(17)15-13(19)16(12(14)18)8-10-6-7-20-9(10)3/h9-10H,4-8H2,1-3H3,(H,15,17,19). The minimum Gasteiger partial charge on any atom is -0.378 e. The number of carbonyl (C=O) groups is 3. The molecule has 2 aliphatic heterocycles. The first-order valence-corrected chi connectivity index (χ1v) is 7.25. The zero-order valence-corrected chi connectivity index (χ0v) is 12.3. The van der Waals surface area contributed by atoms with Gasteiger partial charge in [-0.1, -0.05) is 13.8 Å². The van der Waals surface area contributed by atoms with Crippen molar-refractivity contribution in [1.29, 1.82) is 0 Å². The van der Waals surface area contributed by atoms with Crippen LogP contribution in [0.1, 0.15) is 40.0 Å². The summed E-state index contributed by atoms with van der Waals surface area (Å²) in [5.74, 6) is -0.691. The van der Waals surface area contributed by atoms with Gasteiger partial charge in [0.15, 0.2) is 0 Å². The highest BCUT2D eigenvalue weighted by Gasteiger charge is 2.52. The molecule has 6 heteroatoms. The predicted octanol–water partition coefficient (Wildman–Crippen LogP) is 1.30. The highest BCUT2D eigenvalue weighted by Crippen LogP contribution is 2.33. The summed E-state index contributed by atoms with van der Waals surface area (Å²) in [4.78, 5) is 37.8. The van der Waals surface area contributed by atoms with Crippen molar-refractivity contribution in [3.05, 3.63) is 0 Å². The number of nitrogens with one attached hydrogen (secondary N) is 1. The second kappa shape index (κ2) is 5.52. The van der Waals surface area contributed by atoms with E-state index in [1.807, 2.05) is 6.92 Å². The molecule has 4 amide bonds. The van der Waals surface area contributed by atoms with Crippen LogP contribution in [0.25, 0.3) is 0 Å². The van der Waals surface area contributed by atoms with Gasteiger partial charge in [-0.2, -0.15) is 0 Å². The van der Waals surface area contributed by atoms with Crippen molar-refractivity contribution in [3.8, 4) is 0 Å². The molecule has 2 saturated heterocycles. The van der Waals surface area contributed by atoms with Crippen molar-refractivity contribution in [3.63, 3.8) is 0 Å². The molecule has 2 heterocycles. The summed E-state index contributed by atoms with van der Waals surface area (Å²) in [7, 11) is 0. The molecule has 2 unspecified atom stereocenters. The van der Waals surface area contributed by atoms with Crippen molar-refractivity contribution in [2.24, 2.45) is 11.3 Å². The van der Waals surface area contributed by atoms with E-state index in [2.05, 4.69) is 5.32 Å². The van der Waals surface area contributed by atoms with Crippen LogP contribution in [-0.4, -0.2) is 42.0 Å². The maximum Gasteiger partial charge on any atom is 0.330 e. The van der Waals surface area contributed by atoms with Gasteiger partial charge in [0.05, 0.1) is 6.10 Å². The normalized spacial score (nSPS) is 29.8. The monoisotopic (exact) mass is 282 g/mol. The van der Waals surface area contributed by atoms with Crippen LogP contribution in [0.3, 0.4) is 0 Å². The Labute approximate surface area is 118 Å². The fourth-order valence-electron chi connectivity index (χ4n) is 3.02. The SMILES string of the molecule is CCC1(CC)C(=O)NC(=O)N(CC2CCOC2C)C1=O. The Hall–Kier alpha value is -1.43. The molecule has 0 bridgehead atoms. The van der Waals surface area contributed by atoms with E-state index in [0.29, 0.717) is 26.0 Å². The molecular formula is C14H22N2O4. The molecule has 20 heavy (non-hydrogen) atoms. The molecular weight excluding hydrogens is 260 g/mol. The topological polar surface area (TPSA) is 75.7 Å². The van der Waals surface area contributed by atoms with Crippen LogP contribution in [0.2, 0.25) is 0 Å². The molecule has 0 aromatic rings. The number of rotatable bonds is 4. The molecule has 112 valence electrons. The highest BCUT2D eigenvalue weighted by atomic mass is 16.5. The third-order valence-corrected chi connectivity index (χ3v) is 4.71. The molecule has 0 spiro atoms. The summed E-state index contributed by atoms with van der Waals surface area (Å²) in [5, 5.41) is 2.33. The number of nitrogens with zero attached hydrogens (tertiary/aromatic N) is 1. The number of barbiturate groups is 1. The molecule has 0 aliphatic carbocycles. The summed E-state index contributed by atoms with van der Waals surface area (Å²) >= 11 is 0. The largest absolute Gasteiger partial charge is 0.378 e. The number of ether oxygens (including phenoxy) is 1.